The van der Waals surface area contributed by atoms with Crippen molar-refractivity contribution >= 4 is 0 Å². The highest BCUT2D eigenvalue weighted by atomic mass is 16.3. The van der Waals surface area contributed by atoms with E-state index in [4.69, 9.17) is 0 Å². The lowest BCUT2D eigenvalue weighted by atomic mass is 9.79. The van der Waals surface area contributed by atoms with E-state index in [-0.39, 0.29) is 11.5 Å². The molecule has 0 aliphatic heterocycles. The summed E-state index contributed by atoms with van der Waals surface area (Å²) >= 11 is 0. The van der Waals surface area contributed by atoms with Crippen LogP contribution in [0.25, 0.3) is 0 Å². The van der Waals surface area contributed by atoms with Gasteiger partial charge in [0.1, 0.15) is 0 Å². The van der Waals surface area contributed by atoms with E-state index < -0.39 is 0 Å². The number of unbranched alkanes of at least 4 members (excludes halogenated alkanes) is 5. The van der Waals surface area contributed by atoms with Gasteiger partial charge in [-0.05, 0) is 18.3 Å². The normalized spacial score (nSPS) is 14.1. The van der Waals surface area contributed by atoms with E-state index in [9.17, 15) is 5.11 Å². The van der Waals surface area contributed by atoms with Gasteiger partial charge >= 0.3 is 0 Å². The fourth-order valence-corrected chi connectivity index (χ4v) is 2.13. The molecule has 0 saturated carbocycles. The van der Waals surface area contributed by atoms with Crippen LogP contribution in [-0.2, 0) is 0 Å². The Balaban J connectivity index is 3.64. The predicted molar refractivity (Wildman–Crippen MR) is 72.7 cm³/mol. The number of aliphatic hydroxyl groups is 1. The van der Waals surface area contributed by atoms with Crippen molar-refractivity contribution in [2.75, 3.05) is 0 Å². The molecular weight excluding hydrogens is 196 g/mol. The molecule has 0 aromatic heterocycles. The Morgan fingerprint density at radius 3 is 2.00 bits per heavy atom. The van der Waals surface area contributed by atoms with Crippen molar-refractivity contribution in [2.45, 2.75) is 91.6 Å². The molecule has 0 spiro atoms. The highest BCUT2D eigenvalue weighted by Crippen LogP contribution is 2.30. The quantitative estimate of drug-likeness (QED) is 0.526. The van der Waals surface area contributed by atoms with Crippen LogP contribution in [0.1, 0.15) is 85.5 Å². The van der Waals surface area contributed by atoms with Crippen LogP contribution in [0.4, 0.5) is 0 Å². The maximum Gasteiger partial charge on any atom is 0.0591 e. The minimum absolute atomic E-state index is 0.110. The van der Waals surface area contributed by atoms with Crippen LogP contribution in [-0.4, -0.2) is 11.2 Å². The van der Waals surface area contributed by atoms with Gasteiger partial charge in [0.05, 0.1) is 6.10 Å². The van der Waals surface area contributed by atoms with Gasteiger partial charge < -0.3 is 5.11 Å². The van der Waals surface area contributed by atoms with Gasteiger partial charge in [-0.25, -0.2) is 0 Å². The van der Waals surface area contributed by atoms with Crippen LogP contribution < -0.4 is 0 Å². The Morgan fingerprint density at radius 1 is 0.875 bits per heavy atom. The van der Waals surface area contributed by atoms with Gasteiger partial charge in [-0.1, -0.05) is 72.6 Å². The summed E-state index contributed by atoms with van der Waals surface area (Å²) in [7, 11) is 0. The van der Waals surface area contributed by atoms with Crippen molar-refractivity contribution in [3.05, 3.63) is 0 Å². The van der Waals surface area contributed by atoms with Crippen LogP contribution >= 0.6 is 0 Å². The van der Waals surface area contributed by atoms with E-state index >= 15 is 0 Å². The van der Waals surface area contributed by atoms with Gasteiger partial charge in [0.15, 0.2) is 0 Å². The molecule has 0 heterocycles. The second-order valence-electron chi connectivity index (χ2n) is 5.81. The SMILES string of the molecule is CCCCCCCC(O)C(C)(C)CCCC. The van der Waals surface area contributed by atoms with Gasteiger partial charge in [-0.3, -0.25) is 0 Å². The van der Waals surface area contributed by atoms with Crippen molar-refractivity contribution in [1.29, 1.82) is 0 Å². The first-order valence-corrected chi connectivity index (χ1v) is 7.22. The summed E-state index contributed by atoms with van der Waals surface area (Å²) in [6.45, 7) is 8.87. The highest BCUT2D eigenvalue weighted by molar-refractivity contribution is 4.77. The summed E-state index contributed by atoms with van der Waals surface area (Å²) < 4.78 is 0. The average Bonchev–Trinajstić information content (AvgIpc) is 2.26. The number of hydrogen-bond donors (Lipinski definition) is 1. The zero-order valence-corrected chi connectivity index (χ0v) is 11.9. The molecule has 0 fully saturated rings. The molecule has 0 amide bonds. The first kappa shape index (κ1) is 16.0. The lowest BCUT2D eigenvalue weighted by Gasteiger charge is -2.30. The van der Waals surface area contributed by atoms with Crippen molar-refractivity contribution < 1.29 is 5.11 Å². The summed E-state index contributed by atoms with van der Waals surface area (Å²) in [5.74, 6) is 0. The molecule has 0 aliphatic rings. The Morgan fingerprint density at radius 2 is 1.44 bits per heavy atom. The van der Waals surface area contributed by atoms with Crippen molar-refractivity contribution in [2.24, 2.45) is 5.41 Å². The van der Waals surface area contributed by atoms with E-state index in [1.807, 2.05) is 0 Å². The highest BCUT2D eigenvalue weighted by Gasteiger charge is 2.26. The van der Waals surface area contributed by atoms with Crippen molar-refractivity contribution in [3.63, 3.8) is 0 Å². The van der Waals surface area contributed by atoms with E-state index in [1.165, 1.54) is 44.9 Å². The van der Waals surface area contributed by atoms with Gasteiger partial charge in [0, 0.05) is 0 Å². The molecule has 1 N–H and O–H groups in total. The fourth-order valence-electron chi connectivity index (χ4n) is 2.13. The van der Waals surface area contributed by atoms with Crippen LogP contribution in [0.3, 0.4) is 0 Å². The summed E-state index contributed by atoms with van der Waals surface area (Å²) in [6.07, 6.45) is 10.9. The Kier molecular flexibility index (Phi) is 9.02. The maximum absolute atomic E-state index is 10.2. The molecule has 0 aromatic rings. The molecule has 1 unspecified atom stereocenters. The molecule has 0 bridgehead atoms. The van der Waals surface area contributed by atoms with Crippen LogP contribution in [0, 0.1) is 5.41 Å². The number of aliphatic hydroxyl groups excluding tert-OH is 1. The molecule has 1 atom stereocenters. The number of rotatable bonds is 10. The van der Waals surface area contributed by atoms with Gasteiger partial charge in [0.2, 0.25) is 0 Å². The van der Waals surface area contributed by atoms with Gasteiger partial charge in [-0.2, -0.15) is 0 Å². The van der Waals surface area contributed by atoms with Crippen LogP contribution in [0.15, 0.2) is 0 Å². The third-order valence-corrected chi connectivity index (χ3v) is 3.66. The van der Waals surface area contributed by atoms with Gasteiger partial charge in [0.25, 0.3) is 0 Å². The molecule has 0 rings (SSSR count). The topological polar surface area (TPSA) is 20.2 Å². The van der Waals surface area contributed by atoms with Crippen LogP contribution in [0.2, 0.25) is 0 Å². The third kappa shape index (κ3) is 7.27. The monoisotopic (exact) mass is 228 g/mol. The van der Waals surface area contributed by atoms with Crippen molar-refractivity contribution in [3.8, 4) is 0 Å². The zero-order chi connectivity index (χ0) is 12.4. The molecule has 1 heteroatoms. The molecule has 0 saturated heterocycles. The molecule has 1 nitrogen and oxygen atoms in total. The third-order valence-electron chi connectivity index (χ3n) is 3.66. The van der Waals surface area contributed by atoms with Crippen LogP contribution in [0.5, 0.6) is 0 Å². The van der Waals surface area contributed by atoms with E-state index in [1.54, 1.807) is 0 Å². The zero-order valence-electron chi connectivity index (χ0n) is 11.9. The predicted octanol–water partition coefficient (Wildman–Crippen LogP) is 4.92. The summed E-state index contributed by atoms with van der Waals surface area (Å²) in [6, 6.07) is 0. The minimum Gasteiger partial charge on any atom is -0.393 e. The summed E-state index contributed by atoms with van der Waals surface area (Å²) in [5, 5.41) is 10.2. The molecule has 98 valence electrons. The largest absolute Gasteiger partial charge is 0.393 e. The molecule has 16 heavy (non-hydrogen) atoms. The summed E-state index contributed by atoms with van der Waals surface area (Å²) in [4.78, 5) is 0. The lowest BCUT2D eigenvalue weighted by Crippen LogP contribution is -2.29. The van der Waals surface area contributed by atoms with Gasteiger partial charge in [-0.15, -0.1) is 0 Å². The first-order valence-electron chi connectivity index (χ1n) is 7.22. The maximum atomic E-state index is 10.2. The van der Waals surface area contributed by atoms with Crippen molar-refractivity contribution in [1.82, 2.24) is 0 Å². The first-order chi connectivity index (χ1) is 7.54. The minimum atomic E-state index is -0.110. The standard InChI is InChI=1S/C15H32O/c1-5-7-9-10-11-12-14(16)15(3,4)13-8-6-2/h14,16H,5-13H2,1-4H3. The summed E-state index contributed by atoms with van der Waals surface area (Å²) in [5.41, 5.74) is 0.112. The second-order valence-corrected chi connectivity index (χ2v) is 5.81. The van der Waals surface area contributed by atoms with E-state index in [2.05, 4.69) is 27.7 Å². The second kappa shape index (κ2) is 9.04. The molecular formula is C15H32O. The lowest BCUT2D eigenvalue weighted by molar-refractivity contribution is 0.0337. The smallest absolute Gasteiger partial charge is 0.0591 e. The average molecular weight is 228 g/mol. The Bertz CT molecular complexity index is 152. The van der Waals surface area contributed by atoms with E-state index in [0.717, 1.165) is 12.8 Å². The Hall–Kier alpha value is -0.0400. The molecule has 0 radical (unpaired) electrons. The Labute approximate surface area is 103 Å². The molecule has 0 aromatic carbocycles. The van der Waals surface area contributed by atoms with E-state index in [0.29, 0.717) is 0 Å². The fraction of sp³-hybridized carbons (Fsp3) is 1.00. The molecule has 0 aliphatic carbocycles. The number of hydrogen-bond acceptors (Lipinski definition) is 1.